The minimum absolute atomic E-state index is 0.123. The first-order valence-corrected chi connectivity index (χ1v) is 10.7. The van der Waals surface area contributed by atoms with Crippen molar-refractivity contribution in [1.82, 2.24) is 10.2 Å². The van der Waals surface area contributed by atoms with Gasteiger partial charge in [0.15, 0.2) is 0 Å². The third-order valence-electron chi connectivity index (χ3n) is 4.64. The molecule has 2 rings (SSSR count). The lowest BCUT2D eigenvalue weighted by Gasteiger charge is -2.31. The van der Waals surface area contributed by atoms with Crippen molar-refractivity contribution in [3.63, 3.8) is 0 Å². The van der Waals surface area contributed by atoms with Crippen LogP contribution in [-0.2, 0) is 22.6 Å². The number of carbonyl (C=O) groups is 2. The fraction of sp³-hybridized carbons (Fsp3) is 0.417. The molecule has 2 amide bonds. The number of halogens is 2. The van der Waals surface area contributed by atoms with Gasteiger partial charge in [-0.3, -0.25) is 9.59 Å². The molecular weight excluding hydrogens is 419 g/mol. The minimum atomic E-state index is -0.642. The van der Waals surface area contributed by atoms with Gasteiger partial charge >= 0.3 is 0 Å². The lowest BCUT2D eigenvalue weighted by Crippen LogP contribution is -2.52. The number of amides is 2. The molecule has 0 aliphatic rings. The molecule has 2 aromatic carbocycles. The van der Waals surface area contributed by atoms with E-state index in [1.807, 2.05) is 52.8 Å². The summed E-state index contributed by atoms with van der Waals surface area (Å²) in [4.78, 5) is 27.7. The van der Waals surface area contributed by atoms with Gasteiger partial charge in [0.05, 0.1) is 16.5 Å². The van der Waals surface area contributed by atoms with Crippen LogP contribution in [0.3, 0.4) is 0 Å². The molecule has 162 valence electrons. The van der Waals surface area contributed by atoms with Gasteiger partial charge in [-0.15, -0.1) is 0 Å². The van der Waals surface area contributed by atoms with Crippen molar-refractivity contribution < 1.29 is 9.59 Å². The van der Waals surface area contributed by atoms with Crippen LogP contribution in [0.5, 0.6) is 0 Å². The van der Waals surface area contributed by atoms with E-state index in [9.17, 15) is 9.59 Å². The van der Waals surface area contributed by atoms with Gasteiger partial charge in [0.1, 0.15) is 6.04 Å². The summed E-state index contributed by atoms with van der Waals surface area (Å²) in [6.07, 6.45) is 0.219. The Morgan fingerprint density at radius 1 is 0.967 bits per heavy atom. The lowest BCUT2D eigenvalue weighted by atomic mass is 10.0. The normalized spacial score (nSPS) is 12.4. The van der Waals surface area contributed by atoms with Crippen LogP contribution in [-0.4, -0.2) is 28.3 Å². The maximum atomic E-state index is 13.3. The number of benzene rings is 2. The highest BCUT2D eigenvalue weighted by atomic mass is 35.5. The van der Waals surface area contributed by atoms with E-state index in [4.69, 9.17) is 23.2 Å². The second-order valence-electron chi connectivity index (χ2n) is 8.86. The van der Waals surface area contributed by atoms with Crippen LogP contribution >= 0.6 is 23.2 Å². The Labute approximate surface area is 189 Å². The van der Waals surface area contributed by atoms with Crippen LogP contribution in [0.1, 0.15) is 49.9 Å². The first-order valence-electron chi connectivity index (χ1n) is 9.98. The number of nitrogens with zero attached hydrogens (tertiary/aromatic N) is 1. The Bertz CT molecular complexity index is 915. The maximum Gasteiger partial charge on any atom is 0.242 e. The van der Waals surface area contributed by atoms with Crippen molar-refractivity contribution in [2.24, 2.45) is 0 Å². The molecule has 0 aliphatic carbocycles. The summed E-state index contributed by atoms with van der Waals surface area (Å²) in [5.74, 6) is -0.320. The van der Waals surface area contributed by atoms with Gasteiger partial charge in [0, 0.05) is 12.1 Å². The Hall–Kier alpha value is -2.04. The molecule has 1 N–H and O–H groups in total. The molecule has 0 fully saturated rings. The molecular formula is C24H30Cl2N2O2. The summed E-state index contributed by atoms with van der Waals surface area (Å²) in [7, 11) is 0. The summed E-state index contributed by atoms with van der Waals surface area (Å²) in [6.45, 7) is 11.8. The van der Waals surface area contributed by atoms with Crippen LogP contribution in [0.15, 0.2) is 36.4 Å². The number of hydrogen-bond donors (Lipinski definition) is 1. The lowest BCUT2D eigenvalue weighted by molar-refractivity contribution is -0.140. The fourth-order valence-corrected chi connectivity index (χ4v) is 3.66. The number of hydrogen-bond acceptors (Lipinski definition) is 2. The van der Waals surface area contributed by atoms with Crippen molar-refractivity contribution in [2.45, 2.75) is 66.1 Å². The monoisotopic (exact) mass is 448 g/mol. The highest BCUT2D eigenvalue weighted by Crippen LogP contribution is 2.24. The topological polar surface area (TPSA) is 49.4 Å². The quantitative estimate of drug-likeness (QED) is 0.635. The molecule has 0 spiro atoms. The molecule has 0 aliphatic heterocycles. The van der Waals surface area contributed by atoms with Crippen LogP contribution in [0.2, 0.25) is 10.0 Å². The predicted octanol–water partition coefficient (Wildman–Crippen LogP) is 5.48. The average molecular weight is 449 g/mol. The zero-order chi connectivity index (χ0) is 22.6. The summed E-state index contributed by atoms with van der Waals surface area (Å²) < 4.78 is 0. The predicted molar refractivity (Wildman–Crippen MR) is 124 cm³/mol. The molecule has 4 nitrogen and oxygen atoms in total. The van der Waals surface area contributed by atoms with Gasteiger partial charge in [-0.05, 0) is 64.8 Å². The standard InChI is InChI=1S/C24H30Cl2N2O2/c1-15-9-16(2)11-19(10-15)13-22(29)28(17(3)23(30)27-24(4,5)6)14-18-7-8-20(25)21(26)12-18/h7-12,17H,13-14H2,1-6H3,(H,27,30)/t17-/m1/s1. The number of nitrogens with one attached hydrogen (secondary N) is 1. The van der Waals surface area contributed by atoms with E-state index in [1.165, 1.54) is 0 Å². The van der Waals surface area contributed by atoms with Crippen LogP contribution in [0.4, 0.5) is 0 Å². The SMILES string of the molecule is Cc1cc(C)cc(CC(=O)N(Cc2ccc(Cl)c(Cl)c2)[C@H](C)C(=O)NC(C)(C)C)c1. The van der Waals surface area contributed by atoms with Gasteiger partial charge in [0.25, 0.3) is 0 Å². The number of aryl methyl sites for hydroxylation is 2. The summed E-state index contributed by atoms with van der Waals surface area (Å²) in [6, 6.07) is 10.7. The molecule has 0 heterocycles. The molecule has 0 radical (unpaired) electrons. The van der Waals surface area contributed by atoms with Crippen molar-refractivity contribution in [3.05, 3.63) is 68.7 Å². The Morgan fingerprint density at radius 2 is 1.57 bits per heavy atom. The second-order valence-corrected chi connectivity index (χ2v) is 9.67. The third-order valence-corrected chi connectivity index (χ3v) is 5.38. The number of carbonyl (C=O) groups excluding carboxylic acids is 2. The molecule has 0 aromatic heterocycles. The van der Waals surface area contributed by atoms with E-state index in [1.54, 1.807) is 24.0 Å². The van der Waals surface area contributed by atoms with E-state index in [2.05, 4.69) is 11.4 Å². The molecule has 0 saturated carbocycles. The first-order chi connectivity index (χ1) is 13.9. The fourth-order valence-electron chi connectivity index (χ4n) is 3.34. The first kappa shape index (κ1) is 24.2. The molecule has 0 bridgehead atoms. The smallest absolute Gasteiger partial charge is 0.242 e. The largest absolute Gasteiger partial charge is 0.350 e. The Morgan fingerprint density at radius 3 is 2.10 bits per heavy atom. The van der Waals surface area contributed by atoms with Gasteiger partial charge in [0.2, 0.25) is 11.8 Å². The van der Waals surface area contributed by atoms with Crippen LogP contribution < -0.4 is 5.32 Å². The third kappa shape index (κ3) is 7.03. The molecule has 2 aromatic rings. The zero-order valence-electron chi connectivity index (χ0n) is 18.5. The second kappa shape index (κ2) is 9.84. The van der Waals surface area contributed by atoms with E-state index in [0.717, 1.165) is 22.3 Å². The summed E-state index contributed by atoms with van der Waals surface area (Å²) >= 11 is 12.2. The van der Waals surface area contributed by atoms with Gasteiger partial charge in [-0.25, -0.2) is 0 Å². The highest BCUT2D eigenvalue weighted by molar-refractivity contribution is 6.42. The molecule has 1 atom stereocenters. The Kier molecular flexibility index (Phi) is 7.95. The van der Waals surface area contributed by atoms with Crippen LogP contribution in [0, 0.1) is 13.8 Å². The summed E-state index contributed by atoms with van der Waals surface area (Å²) in [5.41, 5.74) is 3.56. The van der Waals surface area contributed by atoms with Gasteiger partial charge in [-0.2, -0.15) is 0 Å². The maximum absolute atomic E-state index is 13.3. The average Bonchev–Trinajstić information content (AvgIpc) is 2.59. The number of rotatable bonds is 6. The highest BCUT2D eigenvalue weighted by Gasteiger charge is 2.28. The minimum Gasteiger partial charge on any atom is -0.350 e. The van der Waals surface area contributed by atoms with Crippen molar-refractivity contribution in [3.8, 4) is 0 Å². The molecule has 6 heteroatoms. The van der Waals surface area contributed by atoms with Gasteiger partial charge in [-0.1, -0.05) is 58.6 Å². The molecule has 0 saturated heterocycles. The molecule has 30 heavy (non-hydrogen) atoms. The van der Waals surface area contributed by atoms with E-state index in [-0.39, 0.29) is 24.8 Å². The van der Waals surface area contributed by atoms with Crippen molar-refractivity contribution in [2.75, 3.05) is 0 Å². The molecule has 0 unspecified atom stereocenters. The van der Waals surface area contributed by atoms with Crippen LogP contribution in [0.25, 0.3) is 0 Å². The van der Waals surface area contributed by atoms with Crippen molar-refractivity contribution in [1.29, 1.82) is 0 Å². The summed E-state index contributed by atoms with van der Waals surface area (Å²) in [5, 5.41) is 3.83. The van der Waals surface area contributed by atoms with E-state index >= 15 is 0 Å². The Balaban J connectivity index is 2.31. The zero-order valence-corrected chi connectivity index (χ0v) is 20.0. The van der Waals surface area contributed by atoms with E-state index in [0.29, 0.717) is 10.0 Å². The van der Waals surface area contributed by atoms with Gasteiger partial charge < -0.3 is 10.2 Å². The van der Waals surface area contributed by atoms with Crippen molar-refractivity contribution >= 4 is 35.0 Å². The van der Waals surface area contributed by atoms with E-state index < -0.39 is 11.6 Å².